The molecule has 1 aliphatic rings. The second-order valence-corrected chi connectivity index (χ2v) is 6.55. The molecule has 0 radical (unpaired) electrons. The Morgan fingerprint density at radius 2 is 2.14 bits per heavy atom. The number of hydrogen-bond acceptors (Lipinski definition) is 3. The average molecular weight is 290 g/mol. The lowest BCUT2D eigenvalue weighted by molar-refractivity contribution is 0.181. The molecule has 0 bridgehead atoms. The fourth-order valence-electron chi connectivity index (χ4n) is 3.33. The van der Waals surface area contributed by atoms with Gasteiger partial charge in [0.15, 0.2) is 0 Å². The zero-order chi connectivity index (χ0) is 15.2. The van der Waals surface area contributed by atoms with Gasteiger partial charge in [-0.05, 0) is 64.3 Å². The summed E-state index contributed by atoms with van der Waals surface area (Å²) in [7, 11) is 4.01. The van der Waals surface area contributed by atoms with Gasteiger partial charge in [-0.2, -0.15) is 0 Å². The van der Waals surface area contributed by atoms with Crippen molar-refractivity contribution in [2.75, 3.05) is 27.2 Å². The summed E-state index contributed by atoms with van der Waals surface area (Å²) in [6, 6.07) is 9.56. The fraction of sp³-hybridized carbons (Fsp3) is 0.667. The molecule has 1 aromatic carbocycles. The minimum Gasteiger partial charge on any atom is -0.496 e. The first kappa shape index (κ1) is 16.3. The monoisotopic (exact) mass is 290 g/mol. The molecule has 3 nitrogen and oxygen atoms in total. The van der Waals surface area contributed by atoms with Crippen molar-refractivity contribution < 1.29 is 4.74 Å². The predicted octanol–water partition coefficient (Wildman–Crippen LogP) is 2.95. The van der Waals surface area contributed by atoms with Crippen molar-refractivity contribution in [1.29, 1.82) is 0 Å². The zero-order valence-electron chi connectivity index (χ0n) is 13.9. The number of hydrogen-bond donors (Lipinski definition) is 1. The average Bonchev–Trinajstić information content (AvgIpc) is 2.47. The molecule has 0 aromatic heterocycles. The first-order valence-corrected chi connectivity index (χ1v) is 8.15. The summed E-state index contributed by atoms with van der Waals surface area (Å²) in [6.07, 6.45) is 3.64. The van der Waals surface area contributed by atoms with Crippen LogP contribution in [-0.4, -0.2) is 44.2 Å². The van der Waals surface area contributed by atoms with Gasteiger partial charge >= 0.3 is 0 Å². The smallest absolute Gasteiger partial charge is 0.122 e. The lowest BCUT2D eigenvalue weighted by Crippen LogP contribution is -2.42. The van der Waals surface area contributed by atoms with Gasteiger partial charge in [0.25, 0.3) is 0 Å². The van der Waals surface area contributed by atoms with Crippen LogP contribution < -0.4 is 10.1 Å². The Bertz CT molecular complexity index is 435. The Hall–Kier alpha value is -1.06. The maximum absolute atomic E-state index is 5.46. The first-order valence-electron chi connectivity index (χ1n) is 8.15. The van der Waals surface area contributed by atoms with Crippen molar-refractivity contribution in [3.8, 4) is 5.75 Å². The standard InChI is InChI=1S/C18H30N2O/c1-14-11-16(9-10-19-14)13-20(3)15(2)12-17-7-5-6-8-18(17)21-4/h5-8,14-16,19H,9-13H2,1-4H3. The van der Waals surface area contributed by atoms with Gasteiger partial charge in [0.1, 0.15) is 5.75 Å². The summed E-state index contributed by atoms with van der Waals surface area (Å²) in [5.74, 6) is 1.83. The lowest BCUT2D eigenvalue weighted by atomic mass is 9.92. The Morgan fingerprint density at radius 1 is 1.38 bits per heavy atom. The molecular weight excluding hydrogens is 260 g/mol. The van der Waals surface area contributed by atoms with Crippen LogP contribution >= 0.6 is 0 Å². The molecule has 0 spiro atoms. The van der Waals surface area contributed by atoms with E-state index < -0.39 is 0 Å². The van der Waals surface area contributed by atoms with Gasteiger partial charge in [-0.3, -0.25) is 0 Å². The maximum atomic E-state index is 5.46. The molecule has 1 fully saturated rings. The second kappa shape index (κ2) is 7.81. The van der Waals surface area contributed by atoms with Crippen molar-refractivity contribution in [2.24, 2.45) is 5.92 Å². The third-order valence-electron chi connectivity index (χ3n) is 4.74. The van der Waals surface area contributed by atoms with Crippen molar-refractivity contribution in [1.82, 2.24) is 10.2 Å². The SMILES string of the molecule is COc1ccccc1CC(C)N(C)CC1CCNC(C)C1. The van der Waals surface area contributed by atoms with Gasteiger partial charge in [0.2, 0.25) is 0 Å². The summed E-state index contributed by atoms with van der Waals surface area (Å²) in [5.41, 5.74) is 1.30. The largest absolute Gasteiger partial charge is 0.496 e. The number of benzene rings is 1. The van der Waals surface area contributed by atoms with E-state index in [1.807, 2.05) is 6.07 Å². The topological polar surface area (TPSA) is 24.5 Å². The van der Waals surface area contributed by atoms with E-state index in [1.165, 1.54) is 31.5 Å². The van der Waals surface area contributed by atoms with Crippen molar-refractivity contribution >= 4 is 0 Å². The molecule has 3 atom stereocenters. The Balaban J connectivity index is 1.88. The van der Waals surface area contributed by atoms with Crippen LogP contribution in [0.4, 0.5) is 0 Å². The highest BCUT2D eigenvalue weighted by molar-refractivity contribution is 5.33. The number of piperidine rings is 1. The highest BCUT2D eigenvalue weighted by atomic mass is 16.5. The molecule has 1 saturated heterocycles. The van der Waals surface area contributed by atoms with Crippen LogP contribution in [-0.2, 0) is 6.42 Å². The number of ether oxygens (including phenoxy) is 1. The van der Waals surface area contributed by atoms with Crippen molar-refractivity contribution in [2.45, 2.75) is 45.2 Å². The van der Waals surface area contributed by atoms with E-state index in [1.54, 1.807) is 7.11 Å². The molecule has 1 heterocycles. The molecule has 2 rings (SSSR count). The summed E-state index contributed by atoms with van der Waals surface area (Å²) in [6.45, 7) is 6.98. The van der Waals surface area contributed by atoms with Gasteiger partial charge in [-0.25, -0.2) is 0 Å². The molecule has 3 heteroatoms. The molecule has 0 amide bonds. The molecule has 1 aliphatic heterocycles. The third kappa shape index (κ3) is 4.72. The number of nitrogens with zero attached hydrogens (tertiary/aromatic N) is 1. The van der Waals surface area contributed by atoms with E-state index in [-0.39, 0.29) is 0 Å². The van der Waals surface area contributed by atoms with Crippen LogP contribution in [0.15, 0.2) is 24.3 Å². The summed E-state index contributed by atoms with van der Waals surface area (Å²) < 4.78 is 5.46. The summed E-state index contributed by atoms with van der Waals surface area (Å²) in [4.78, 5) is 2.51. The van der Waals surface area contributed by atoms with E-state index in [0.29, 0.717) is 12.1 Å². The quantitative estimate of drug-likeness (QED) is 0.872. The van der Waals surface area contributed by atoms with Crippen LogP contribution in [0.5, 0.6) is 5.75 Å². The number of likely N-dealkylation sites (N-methyl/N-ethyl adjacent to an activating group) is 1. The minimum atomic E-state index is 0.534. The minimum absolute atomic E-state index is 0.534. The van der Waals surface area contributed by atoms with Crippen LogP contribution in [0.25, 0.3) is 0 Å². The maximum Gasteiger partial charge on any atom is 0.122 e. The molecule has 1 aromatic rings. The number of methoxy groups -OCH3 is 1. The van der Waals surface area contributed by atoms with E-state index in [0.717, 1.165) is 18.1 Å². The van der Waals surface area contributed by atoms with Gasteiger partial charge in [0, 0.05) is 18.6 Å². The Labute approximate surface area is 129 Å². The highest BCUT2D eigenvalue weighted by Gasteiger charge is 2.21. The normalized spacial score (nSPS) is 24.0. The third-order valence-corrected chi connectivity index (χ3v) is 4.74. The number of para-hydroxylation sites is 1. The zero-order valence-corrected chi connectivity index (χ0v) is 13.9. The Kier molecular flexibility index (Phi) is 6.07. The molecule has 21 heavy (non-hydrogen) atoms. The van der Waals surface area contributed by atoms with Crippen molar-refractivity contribution in [3.05, 3.63) is 29.8 Å². The van der Waals surface area contributed by atoms with E-state index in [4.69, 9.17) is 4.74 Å². The van der Waals surface area contributed by atoms with Crippen LogP contribution in [0.1, 0.15) is 32.3 Å². The lowest BCUT2D eigenvalue weighted by Gasteiger charge is -2.34. The van der Waals surface area contributed by atoms with Gasteiger partial charge in [0.05, 0.1) is 7.11 Å². The molecule has 3 unspecified atom stereocenters. The van der Waals surface area contributed by atoms with E-state index in [2.05, 4.69) is 49.3 Å². The van der Waals surface area contributed by atoms with Gasteiger partial charge in [-0.1, -0.05) is 18.2 Å². The predicted molar refractivity (Wildman–Crippen MR) is 89.0 cm³/mol. The van der Waals surface area contributed by atoms with Gasteiger partial charge < -0.3 is 15.0 Å². The van der Waals surface area contributed by atoms with E-state index in [9.17, 15) is 0 Å². The van der Waals surface area contributed by atoms with Crippen molar-refractivity contribution in [3.63, 3.8) is 0 Å². The molecular formula is C18H30N2O. The summed E-state index contributed by atoms with van der Waals surface area (Å²) >= 11 is 0. The second-order valence-electron chi connectivity index (χ2n) is 6.55. The summed E-state index contributed by atoms with van der Waals surface area (Å²) in [5, 5.41) is 3.53. The molecule has 118 valence electrons. The first-order chi connectivity index (χ1) is 10.1. The van der Waals surface area contributed by atoms with Crippen LogP contribution in [0.2, 0.25) is 0 Å². The highest BCUT2D eigenvalue weighted by Crippen LogP contribution is 2.22. The van der Waals surface area contributed by atoms with E-state index >= 15 is 0 Å². The fourth-order valence-corrected chi connectivity index (χ4v) is 3.33. The Morgan fingerprint density at radius 3 is 2.86 bits per heavy atom. The van der Waals surface area contributed by atoms with Crippen LogP contribution in [0.3, 0.4) is 0 Å². The number of rotatable bonds is 6. The van der Waals surface area contributed by atoms with Gasteiger partial charge in [-0.15, -0.1) is 0 Å². The molecule has 1 N–H and O–H groups in total. The molecule has 0 saturated carbocycles. The van der Waals surface area contributed by atoms with Crippen LogP contribution in [0, 0.1) is 5.92 Å². The number of nitrogens with one attached hydrogen (secondary N) is 1. The molecule has 0 aliphatic carbocycles.